The zero-order chi connectivity index (χ0) is 17.3. The van der Waals surface area contributed by atoms with Crippen molar-refractivity contribution in [3.05, 3.63) is 71.7 Å². The second-order valence-electron chi connectivity index (χ2n) is 5.76. The lowest BCUT2D eigenvalue weighted by molar-refractivity contribution is -0.122. The molecule has 0 unspecified atom stereocenters. The zero-order valence-electron chi connectivity index (χ0n) is 13.7. The lowest BCUT2D eigenvalue weighted by Crippen LogP contribution is -2.30. The maximum Gasteiger partial charge on any atom is 0.329 e. The Kier molecular flexibility index (Phi) is 4.08. The van der Waals surface area contributed by atoms with Crippen LogP contribution in [-0.2, 0) is 4.79 Å². The van der Waals surface area contributed by atoms with Crippen molar-refractivity contribution in [2.24, 2.45) is 0 Å². The molecule has 1 fully saturated rings. The molecule has 0 atom stereocenters. The van der Waals surface area contributed by atoms with Crippen LogP contribution < -0.4 is 5.32 Å². The topological polar surface area (TPSA) is 54.3 Å². The third-order valence-electron chi connectivity index (χ3n) is 4.12. The number of imide groups is 1. The van der Waals surface area contributed by atoms with Gasteiger partial charge in [0, 0.05) is 24.1 Å². The van der Waals surface area contributed by atoms with E-state index < -0.39 is 6.03 Å². The number of amides is 3. The van der Waals surface area contributed by atoms with Crippen LogP contribution in [0, 0.1) is 13.8 Å². The first-order valence-corrected chi connectivity index (χ1v) is 7.71. The second kappa shape index (κ2) is 6.20. The Morgan fingerprint density at radius 1 is 1.17 bits per heavy atom. The summed E-state index contributed by atoms with van der Waals surface area (Å²) in [7, 11) is 0. The van der Waals surface area contributed by atoms with Gasteiger partial charge >= 0.3 is 6.03 Å². The van der Waals surface area contributed by atoms with Gasteiger partial charge in [-0.15, -0.1) is 6.58 Å². The number of aryl methyl sites for hydroxylation is 2. The smallest absolute Gasteiger partial charge is 0.317 e. The molecule has 3 amide bonds. The summed E-state index contributed by atoms with van der Waals surface area (Å²) >= 11 is 0. The first-order chi connectivity index (χ1) is 11.5. The van der Waals surface area contributed by atoms with Crippen LogP contribution in [-0.4, -0.2) is 28.0 Å². The number of carbonyl (C=O) groups is 2. The van der Waals surface area contributed by atoms with Gasteiger partial charge in [0.05, 0.1) is 0 Å². The van der Waals surface area contributed by atoms with E-state index >= 15 is 0 Å². The molecular formula is C19H19N3O2. The van der Waals surface area contributed by atoms with Gasteiger partial charge in [0.1, 0.15) is 5.70 Å². The van der Waals surface area contributed by atoms with Crippen LogP contribution in [0.3, 0.4) is 0 Å². The van der Waals surface area contributed by atoms with Gasteiger partial charge in [-0.2, -0.15) is 0 Å². The van der Waals surface area contributed by atoms with Crippen molar-refractivity contribution in [3.8, 4) is 5.69 Å². The summed E-state index contributed by atoms with van der Waals surface area (Å²) in [4.78, 5) is 25.3. The number of rotatable bonds is 4. The molecule has 5 nitrogen and oxygen atoms in total. The Hall–Kier alpha value is -3.08. The molecule has 24 heavy (non-hydrogen) atoms. The predicted molar refractivity (Wildman–Crippen MR) is 93.7 cm³/mol. The molecule has 0 saturated carbocycles. The average molecular weight is 321 g/mol. The summed E-state index contributed by atoms with van der Waals surface area (Å²) in [6.45, 7) is 7.89. The molecule has 1 aromatic carbocycles. The lowest BCUT2D eigenvalue weighted by atomic mass is 10.1. The van der Waals surface area contributed by atoms with Gasteiger partial charge in [0.25, 0.3) is 5.91 Å². The number of benzene rings is 1. The van der Waals surface area contributed by atoms with Crippen LogP contribution >= 0.6 is 0 Å². The molecule has 0 aliphatic carbocycles. The average Bonchev–Trinajstić information content (AvgIpc) is 3.11. The fourth-order valence-electron chi connectivity index (χ4n) is 2.64. The zero-order valence-corrected chi connectivity index (χ0v) is 13.7. The maximum atomic E-state index is 12.3. The molecular weight excluding hydrogens is 302 g/mol. The van der Waals surface area contributed by atoms with E-state index in [1.807, 2.05) is 29.0 Å². The van der Waals surface area contributed by atoms with Gasteiger partial charge in [-0.1, -0.05) is 12.1 Å². The Bertz CT molecular complexity index is 861. The normalized spacial score (nSPS) is 15.9. The highest BCUT2D eigenvalue weighted by molar-refractivity contribution is 6.14. The Morgan fingerprint density at radius 3 is 2.67 bits per heavy atom. The number of nitrogens with zero attached hydrogens (tertiary/aromatic N) is 2. The van der Waals surface area contributed by atoms with Crippen LogP contribution in [0.1, 0.15) is 16.8 Å². The largest absolute Gasteiger partial charge is 0.329 e. The summed E-state index contributed by atoms with van der Waals surface area (Å²) in [6, 6.07) is 9.58. The van der Waals surface area contributed by atoms with Crippen LogP contribution in [0.2, 0.25) is 0 Å². The molecule has 0 radical (unpaired) electrons. The summed E-state index contributed by atoms with van der Waals surface area (Å²) in [5.41, 5.74) is 4.52. The highest BCUT2D eigenvalue weighted by Gasteiger charge is 2.32. The van der Waals surface area contributed by atoms with Gasteiger partial charge in [0.15, 0.2) is 0 Å². The highest BCUT2D eigenvalue weighted by Crippen LogP contribution is 2.20. The van der Waals surface area contributed by atoms with Crippen molar-refractivity contribution in [2.75, 3.05) is 6.54 Å². The first-order valence-electron chi connectivity index (χ1n) is 7.71. The standard InChI is InChI=1S/C19H19N3O2/c1-4-9-22-18(23)17(20-19(22)24)12-15-6-5-10-21(15)16-8-7-13(2)14(3)11-16/h4-8,10-12H,1,9H2,2-3H3,(H,20,24)/b17-12+. The van der Waals surface area contributed by atoms with Crippen LogP contribution in [0.15, 0.2) is 54.9 Å². The fraction of sp³-hybridized carbons (Fsp3) is 0.158. The molecule has 2 heterocycles. The van der Waals surface area contributed by atoms with E-state index in [4.69, 9.17) is 0 Å². The van der Waals surface area contributed by atoms with E-state index in [-0.39, 0.29) is 18.1 Å². The van der Waals surface area contributed by atoms with Crippen molar-refractivity contribution in [1.82, 2.24) is 14.8 Å². The van der Waals surface area contributed by atoms with E-state index in [1.54, 1.807) is 6.08 Å². The van der Waals surface area contributed by atoms with Gasteiger partial charge in [0.2, 0.25) is 0 Å². The SMILES string of the molecule is C=CCN1C(=O)N/C(=C/c2cccn2-c2ccc(C)c(C)c2)C1=O. The van der Waals surface area contributed by atoms with E-state index in [1.165, 1.54) is 17.2 Å². The molecule has 1 aliphatic rings. The van der Waals surface area contributed by atoms with Crippen molar-refractivity contribution in [2.45, 2.75) is 13.8 Å². The van der Waals surface area contributed by atoms with Crippen molar-refractivity contribution < 1.29 is 9.59 Å². The number of carbonyl (C=O) groups excluding carboxylic acids is 2. The molecule has 122 valence electrons. The Labute approximate surface area is 140 Å². The van der Waals surface area contributed by atoms with Crippen molar-refractivity contribution in [1.29, 1.82) is 0 Å². The van der Waals surface area contributed by atoms with Gasteiger partial charge in [-0.3, -0.25) is 9.69 Å². The van der Waals surface area contributed by atoms with Crippen LogP contribution in [0.25, 0.3) is 11.8 Å². The summed E-state index contributed by atoms with van der Waals surface area (Å²) in [5.74, 6) is -0.340. The Balaban J connectivity index is 1.96. The summed E-state index contributed by atoms with van der Waals surface area (Å²) in [5, 5.41) is 2.61. The molecule has 1 saturated heterocycles. The molecule has 1 aliphatic heterocycles. The number of urea groups is 1. The fourth-order valence-corrected chi connectivity index (χ4v) is 2.64. The first kappa shape index (κ1) is 15.8. The number of aromatic nitrogens is 1. The summed E-state index contributed by atoms with van der Waals surface area (Å²) in [6.07, 6.45) is 5.15. The summed E-state index contributed by atoms with van der Waals surface area (Å²) < 4.78 is 1.98. The molecule has 0 bridgehead atoms. The predicted octanol–water partition coefficient (Wildman–Crippen LogP) is 3.17. The van der Waals surface area contributed by atoms with Crippen molar-refractivity contribution >= 4 is 18.0 Å². The van der Waals surface area contributed by atoms with E-state index in [0.717, 1.165) is 16.3 Å². The van der Waals surface area contributed by atoms with Crippen molar-refractivity contribution in [3.63, 3.8) is 0 Å². The maximum absolute atomic E-state index is 12.3. The third kappa shape index (κ3) is 2.76. The van der Waals surface area contributed by atoms with Gasteiger partial charge in [-0.05, 0) is 55.3 Å². The molecule has 2 aromatic rings. The monoisotopic (exact) mass is 321 g/mol. The molecule has 1 N–H and O–H groups in total. The van der Waals surface area contributed by atoms with E-state index in [0.29, 0.717) is 0 Å². The quantitative estimate of drug-likeness (QED) is 0.534. The molecule has 0 spiro atoms. The minimum atomic E-state index is -0.421. The number of nitrogens with one attached hydrogen (secondary N) is 1. The van der Waals surface area contributed by atoms with E-state index in [9.17, 15) is 9.59 Å². The van der Waals surface area contributed by atoms with Gasteiger partial charge in [-0.25, -0.2) is 4.79 Å². The van der Waals surface area contributed by atoms with Crippen LogP contribution in [0.4, 0.5) is 4.79 Å². The molecule has 5 heteroatoms. The minimum Gasteiger partial charge on any atom is -0.317 e. The number of hydrogen-bond acceptors (Lipinski definition) is 2. The molecule has 3 rings (SSSR count). The minimum absolute atomic E-state index is 0.195. The molecule has 1 aromatic heterocycles. The second-order valence-corrected chi connectivity index (χ2v) is 5.76. The lowest BCUT2D eigenvalue weighted by Gasteiger charge is -2.10. The Morgan fingerprint density at radius 2 is 1.96 bits per heavy atom. The van der Waals surface area contributed by atoms with E-state index in [2.05, 4.69) is 37.9 Å². The third-order valence-corrected chi connectivity index (χ3v) is 4.12. The highest BCUT2D eigenvalue weighted by atomic mass is 16.2. The number of hydrogen-bond donors (Lipinski definition) is 1. The van der Waals surface area contributed by atoms with Gasteiger partial charge < -0.3 is 9.88 Å². The van der Waals surface area contributed by atoms with Crippen LogP contribution in [0.5, 0.6) is 0 Å².